The van der Waals surface area contributed by atoms with Crippen LogP contribution in [-0.4, -0.2) is 34.0 Å². The summed E-state index contributed by atoms with van der Waals surface area (Å²) in [7, 11) is 0.0169. The molecule has 0 unspecified atom stereocenters. The molecule has 3 aromatic rings. The highest BCUT2D eigenvalue weighted by molar-refractivity contribution is 7.88. The first-order valence-corrected chi connectivity index (χ1v) is 10.8. The number of nitrogens with one attached hydrogen (secondary N) is 1. The first-order chi connectivity index (χ1) is 12.7. The Morgan fingerprint density at radius 2 is 1.78 bits per heavy atom. The van der Waals surface area contributed by atoms with E-state index in [1.165, 1.54) is 0 Å². The number of rotatable bonds is 7. The van der Waals surface area contributed by atoms with E-state index < -0.39 is 27.4 Å². The summed E-state index contributed by atoms with van der Waals surface area (Å²) in [6.07, 6.45) is 0. The molecule has 1 heterocycles. The van der Waals surface area contributed by atoms with Gasteiger partial charge >= 0.3 is 0 Å². The minimum absolute atomic E-state index is 0.0717. The summed E-state index contributed by atoms with van der Waals surface area (Å²) >= 11 is 1.61. The third-order valence-electron chi connectivity index (χ3n) is 4.27. The van der Waals surface area contributed by atoms with Crippen molar-refractivity contribution >= 4 is 31.4 Å². The third-order valence-corrected chi connectivity index (χ3v) is 6.57. The van der Waals surface area contributed by atoms with E-state index >= 15 is 0 Å². The molecule has 0 fully saturated rings. The van der Waals surface area contributed by atoms with Crippen LogP contribution in [0, 0.1) is 11.6 Å². The smallest absolute Gasteiger partial charge is 0.215 e. The van der Waals surface area contributed by atoms with Gasteiger partial charge in [-0.2, -0.15) is 0 Å². The zero-order valence-corrected chi connectivity index (χ0v) is 16.6. The molecular weight excluding hydrogens is 390 g/mol. The van der Waals surface area contributed by atoms with E-state index in [4.69, 9.17) is 0 Å². The maximum absolute atomic E-state index is 13.3. The Hall–Kier alpha value is -1.87. The van der Waals surface area contributed by atoms with Crippen LogP contribution in [-0.2, 0) is 15.8 Å². The van der Waals surface area contributed by atoms with Gasteiger partial charge in [0.25, 0.3) is 0 Å². The predicted molar refractivity (Wildman–Crippen MR) is 105 cm³/mol. The lowest BCUT2D eigenvalue weighted by Gasteiger charge is -2.24. The van der Waals surface area contributed by atoms with Gasteiger partial charge in [0.15, 0.2) is 0 Å². The van der Waals surface area contributed by atoms with Gasteiger partial charge in [-0.3, -0.25) is 0 Å². The summed E-state index contributed by atoms with van der Waals surface area (Å²) in [4.78, 5) is 1.94. The molecule has 0 aliphatic heterocycles. The summed E-state index contributed by atoms with van der Waals surface area (Å²) in [5.41, 5.74) is 1.11. The predicted octanol–water partition coefficient (Wildman–Crippen LogP) is 3.90. The van der Waals surface area contributed by atoms with Crippen molar-refractivity contribution in [3.8, 4) is 0 Å². The average Bonchev–Trinajstić information content (AvgIpc) is 2.97. The highest BCUT2D eigenvalue weighted by Gasteiger charge is 2.21. The van der Waals surface area contributed by atoms with Crippen LogP contribution in [0.4, 0.5) is 8.78 Å². The fourth-order valence-corrected chi connectivity index (χ4v) is 5.13. The molecule has 0 bridgehead atoms. The second kappa shape index (κ2) is 8.02. The van der Waals surface area contributed by atoms with Gasteiger partial charge < -0.3 is 4.90 Å². The topological polar surface area (TPSA) is 49.4 Å². The molecule has 0 amide bonds. The van der Waals surface area contributed by atoms with Crippen molar-refractivity contribution in [2.75, 3.05) is 20.6 Å². The molecule has 27 heavy (non-hydrogen) atoms. The number of halogens is 2. The standard InChI is InChI=1S/C19H20F2N2O2S2/c1-23(2)18(17-11-26-19-6-4-3-5-16(17)19)10-22-27(24,25)12-13-7-14(20)9-15(21)8-13/h3-9,11,18,22H,10,12H2,1-2H3/t18-/m0/s1. The van der Waals surface area contributed by atoms with Gasteiger partial charge in [0.1, 0.15) is 11.6 Å². The minimum atomic E-state index is -3.75. The number of fused-ring (bicyclic) bond motifs is 1. The molecule has 1 N–H and O–H groups in total. The quantitative estimate of drug-likeness (QED) is 0.643. The molecule has 0 spiro atoms. The molecule has 0 aliphatic carbocycles. The Morgan fingerprint density at radius 3 is 2.44 bits per heavy atom. The van der Waals surface area contributed by atoms with E-state index in [1.807, 2.05) is 48.6 Å². The highest BCUT2D eigenvalue weighted by atomic mass is 32.2. The van der Waals surface area contributed by atoms with Crippen LogP contribution in [0.1, 0.15) is 17.2 Å². The maximum atomic E-state index is 13.3. The van der Waals surface area contributed by atoms with Crippen LogP contribution >= 0.6 is 11.3 Å². The second-order valence-electron chi connectivity index (χ2n) is 6.55. The molecule has 0 radical (unpaired) electrons. The van der Waals surface area contributed by atoms with Gasteiger partial charge in [-0.05, 0) is 54.2 Å². The molecule has 2 aromatic carbocycles. The Bertz CT molecular complexity index is 1030. The Balaban J connectivity index is 1.77. The third kappa shape index (κ3) is 4.90. The van der Waals surface area contributed by atoms with Gasteiger partial charge in [0, 0.05) is 23.4 Å². The summed E-state index contributed by atoms with van der Waals surface area (Å²) < 4.78 is 55.1. The SMILES string of the molecule is CN(C)[C@@H](CNS(=O)(=O)Cc1cc(F)cc(F)c1)c1csc2ccccc12. The van der Waals surface area contributed by atoms with Crippen LogP contribution < -0.4 is 4.72 Å². The summed E-state index contributed by atoms with van der Waals surface area (Å²) in [6, 6.07) is 10.6. The number of benzene rings is 2. The van der Waals surface area contributed by atoms with Crippen molar-refractivity contribution in [3.63, 3.8) is 0 Å². The van der Waals surface area contributed by atoms with E-state index in [0.717, 1.165) is 27.8 Å². The van der Waals surface area contributed by atoms with E-state index in [2.05, 4.69) is 4.72 Å². The second-order valence-corrected chi connectivity index (χ2v) is 9.27. The van der Waals surface area contributed by atoms with Crippen LogP contribution in [0.5, 0.6) is 0 Å². The summed E-state index contributed by atoms with van der Waals surface area (Å²) in [6.45, 7) is 0.161. The molecule has 0 saturated carbocycles. The number of sulfonamides is 1. The van der Waals surface area contributed by atoms with Crippen LogP contribution in [0.2, 0.25) is 0 Å². The van der Waals surface area contributed by atoms with Gasteiger partial charge in [0.2, 0.25) is 10.0 Å². The van der Waals surface area contributed by atoms with Crippen molar-refractivity contribution in [3.05, 3.63) is 70.6 Å². The molecule has 0 aliphatic rings. The molecule has 3 rings (SSSR count). The van der Waals surface area contributed by atoms with Crippen molar-refractivity contribution < 1.29 is 17.2 Å². The van der Waals surface area contributed by atoms with Gasteiger partial charge in [-0.25, -0.2) is 21.9 Å². The lowest BCUT2D eigenvalue weighted by molar-refractivity contribution is 0.301. The van der Waals surface area contributed by atoms with Crippen molar-refractivity contribution in [2.45, 2.75) is 11.8 Å². The van der Waals surface area contributed by atoms with Gasteiger partial charge in [-0.15, -0.1) is 11.3 Å². The van der Waals surface area contributed by atoms with E-state index in [1.54, 1.807) is 11.3 Å². The zero-order valence-electron chi connectivity index (χ0n) is 14.9. The minimum Gasteiger partial charge on any atom is -0.301 e. The molecule has 4 nitrogen and oxygen atoms in total. The first-order valence-electron chi connectivity index (χ1n) is 8.30. The molecule has 1 aromatic heterocycles. The number of hydrogen-bond donors (Lipinski definition) is 1. The van der Waals surface area contributed by atoms with Gasteiger partial charge in [0.05, 0.1) is 5.75 Å². The lowest BCUT2D eigenvalue weighted by atomic mass is 10.1. The fourth-order valence-electron chi connectivity index (χ4n) is 3.00. The van der Waals surface area contributed by atoms with E-state index in [0.29, 0.717) is 6.07 Å². The van der Waals surface area contributed by atoms with E-state index in [-0.39, 0.29) is 18.2 Å². The normalized spacial score (nSPS) is 13.4. The zero-order chi connectivity index (χ0) is 19.6. The maximum Gasteiger partial charge on any atom is 0.215 e. The summed E-state index contributed by atoms with van der Waals surface area (Å²) in [5, 5.41) is 3.12. The number of nitrogens with zero attached hydrogens (tertiary/aromatic N) is 1. The van der Waals surface area contributed by atoms with E-state index in [9.17, 15) is 17.2 Å². The fraction of sp³-hybridized carbons (Fsp3) is 0.263. The molecular formula is C19H20F2N2O2S2. The monoisotopic (exact) mass is 410 g/mol. The lowest BCUT2D eigenvalue weighted by Crippen LogP contribution is -2.35. The Kier molecular flexibility index (Phi) is 5.90. The molecule has 144 valence electrons. The van der Waals surface area contributed by atoms with Gasteiger partial charge in [-0.1, -0.05) is 18.2 Å². The average molecular weight is 411 g/mol. The first kappa shape index (κ1) is 19.9. The number of hydrogen-bond acceptors (Lipinski definition) is 4. The van der Waals surface area contributed by atoms with Crippen molar-refractivity contribution in [1.29, 1.82) is 0 Å². The van der Waals surface area contributed by atoms with Crippen LogP contribution in [0.25, 0.3) is 10.1 Å². The molecule has 8 heteroatoms. The molecule has 0 saturated heterocycles. The van der Waals surface area contributed by atoms with Crippen molar-refractivity contribution in [1.82, 2.24) is 9.62 Å². The summed E-state index contributed by atoms with van der Waals surface area (Å²) in [5.74, 6) is -2.07. The largest absolute Gasteiger partial charge is 0.301 e. The Labute approximate surface area is 161 Å². The van der Waals surface area contributed by atoms with Crippen LogP contribution in [0.15, 0.2) is 47.8 Å². The number of thiophene rings is 1. The molecule has 1 atom stereocenters. The highest BCUT2D eigenvalue weighted by Crippen LogP contribution is 2.32. The number of likely N-dealkylation sites (N-methyl/N-ethyl adjacent to an activating group) is 1. The Morgan fingerprint density at radius 1 is 1.11 bits per heavy atom. The van der Waals surface area contributed by atoms with Crippen LogP contribution in [0.3, 0.4) is 0 Å². The van der Waals surface area contributed by atoms with Crippen molar-refractivity contribution in [2.24, 2.45) is 0 Å².